The molecule has 0 unspecified atom stereocenters. The molecule has 0 saturated heterocycles. The minimum Gasteiger partial charge on any atom is -0.478 e. The lowest BCUT2D eigenvalue weighted by Crippen LogP contribution is -2.05. The molecule has 6 heteroatoms. The van der Waals surface area contributed by atoms with Crippen LogP contribution in [-0.2, 0) is 0 Å². The molecule has 0 aliphatic heterocycles. The lowest BCUT2D eigenvalue weighted by Gasteiger charge is -2.09. The maximum atomic E-state index is 11.3. The van der Waals surface area contributed by atoms with Crippen molar-refractivity contribution in [3.63, 3.8) is 0 Å². The lowest BCUT2D eigenvalue weighted by molar-refractivity contribution is 0.0691. The summed E-state index contributed by atoms with van der Waals surface area (Å²) in [4.78, 5) is 19.9. The molecule has 98 valence electrons. The zero-order valence-corrected chi connectivity index (χ0v) is 12.7. The number of hydrogen-bond acceptors (Lipinski definition) is 4. The van der Waals surface area contributed by atoms with Gasteiger partial charge in [-0.25, -0.2) is 14.8 Å². The molecule has 0 radical (unpaired) electrons. The first kappa shape index (κ1) is 14.0. The van der Waals surface area contributed by atoms with Gasteiger partial charge in [-0.2, -0.15) is 0 Å². The number of nitrogens with zero attached hydrogens (tertiary/aromatic N) is 2. The Labute approximate surface area is 123 Å². The first-order valence-electron chi connectivity index (χ1n) is 5.49. The van der Waals surface area contributed by atoms with Crippen LogP contribution in [0.5, 0.6) is 0 Å². The SMILES string of the molecule is Cc1cc(C)c(C(=O)O)c(Sc2ncccc2Br)n1. The van der Waals surface area contributed by atoms with Gasteiger partial charge in [0.2, 0.25) is 0 Å². The molecular formula is C13H11BrN2O2S. The van der Waals surface area contributed by atoms with Gasteiger partial charge in [-0.3, -0.25) is 0 Å². The molecule has 0 bridgehead atoms. The Morgan fingerprint density at radius 3 is 2.74 bits per heavy atom. The van der Waals surface area contributed by atoms with E-state index in [1.165, 1.54) is 11.8 Å². The summed E-state index contributed by atoms with van der Waals surface area (Å²) in [5.74, 6) is -0.973. The van der Waals surface area contributed by atoms with Crippen molar-refractivity contribution in [2.75, 3.05) is 0 Å². The minimum absolute atomic E-state index is 0.230. The van der Waals surface area contributed by atoms with Crippen LogP contribution in [0.2, 0.25) is 0 Å². The molecule has 0 aliphatic rings. The van der Waals surface area contributed by atoms with E-state index >= 15 is 0 Å². The van der Waals surface area contributed by atoms with Crippen LogP contribution in [0.15, 0.2) is 38.9 Å². The van der Waals surface area contributed by atoms with Gasteiger partial charge in [0.1, 0.15) is 10.1 Å². The molecule has 0 saturated carbocycles. The van der Waals surface area contributed by atoms with Gasteiger partial charge in [0.05, 0.1) is 10.0 Å². The van der Waals surface area contributed by atoms with Gasteiger partial charge in [-0.05, 0) is 65.3 Å². The van der Waals surface area contributed by atoms with E-state index in [4.69, 9.17) is 0 Å². The number of carboxylic acids is 1. The number of hydrogen-bond donors (Lipinski definition) is 1. The fraction of sp³-hybridized carbons (Fsp3) is 0.154. The van der Waals surface area contributed by atoms with Crippen molar-refractivity contribution in [3.8, 4) is 0 Å². The normalized spacial score (nSPS) is 10.5. The molecular weight excluding hydrogens is 328 g/mol. The van der Waals surface area contributed by atoms with Crippen molar-refractivity contribution < 1.29 is 9.90 Å². The monoisotopic (exact) mass is 338 g/mol. The second kappa shape index (κ2) is 5.71. The molecule has 2 rings (SSSR count). The topological polar surface area (TPSA) is 63.1 Å². The van der Waals surface area contributed by atoms with E-state index in [2.05, 4.69) is 25.9 Å². The zero-order chi connectivity index (χ0) is 14.0. The number of rotatable bonds is 3. The Morgan fingerprint density at radius 2 is 2.11 bits per heavy atom. The van der Waals surface area contributed by atoms with Crippen LogP contribution >= 0.6 is 27.7 Å². The van der Waals surface area contributed by atoms with Gasteiger partial charge in [-0.1, -0.05) is 0 Å². The third-order valence-electron chi connectivity index (χ3n) is 2.44. The number of aromatic carboxylic acids is 1. The summed E-state index contributed by atoms with van der Waals surface area (Å²) in [5, 5.41) is 10.5. The molecule has 0 fully saturated rings. The highest BCUT2D eigenvalue weighted by Gasteiger charge is 2.18. The highest BCUT2D eigenvalue weighted by Crippen LogP contribution is 2.33. The van der Waals surface area contributed by atoms with E-state index in [1.807, 2.05) is 13.0 Å². The van der Waals surface area contributed by atoms with E-state index in [0.29, 0.717) is 15.6 Å². The van der Waals surface area contributed by atoms with Crippen LogP contribution < -0.4 is 0 Å². The molecule has 0 spiro atoms. The second-order valence-electron chi connectivity index (χ2n) is 3.96. The van der Waals surface area contributed by atoms with E-state index in [-0.39, 0.29) is 5.56 Å². The molecule has 0 aromatic carbocycles. The van der Waals surface area contributed by atoms with Gasteiger partial charge in [-0.15, -0.1) is 0 Å². The Morgan fingerprint density at radius 1 is 1.37 bits per heavy atom. The number of aryl methyl sites for hydroxylation is 2. The van der Waals surface area contributed by atoms with E-state index in [9.17, 15) is 9.90 Å². The quantitative estimate of drug-likeness (QED) is 0.924. The summed E-state index contributed by atoms with van der Waals surface area (Å²) in [6.45, 7) is 3.62. The van der Waals surface area contributed by atoms with Crippen LogP contribution in [0.25, 0.3) is 0 Å². The minimum atomic E-state index is -0.973. The van der Waals surface area contributed by atoms with Gasteiger partial charge in [0.25, 0.3) is 0 Å². The average molecular weight is 339 g/mol. The summed E-state index contributed by atoms with van der Waals surface area (Å²) in [6, 6.07) is 5.43. The second-order valence-corrected chi connectivity index (χ2v) is 5.79. The predicted molar refractivity (Wildman–Crippen MR) is 76.7 cm³/mol. The zero-order valence-electron chi connectivity index (χ0n) is 10.3. The van der Waals surface area contributed by atoms with Gasteiger partial charge < -0.3 is 5.11 Å². The summed E-state index contributed by atoms with van der Waals surface area (Å²) in [6.07, 6.45) is 1.66. The van der Waals surface area contributed by atoms with E-state index in [0.717, 1.165) is 10.2 Å². The maximum absolute atomic E-state index is 11.3. The number of aromatic nitrogens is 2. The average Bonchev–Trinajstić information content (AvgIpc) is 2.30. The molecule has 0 atom stereocenters. The summed E-state index contributed by atoms with van der Waals surface area (Å²) in [5.41, 5.74) is 1.72. The maximum Gasteiger partial charge on any atom is 0.338 e. The third-order valence-corrected chi connectivity index (χ3v) is 4.35. The van der Waals surface area contributed by atoms with Crippen molar-refractivity contribution in [1.29, 1.82) is 0 Å². The highest BCUT2D eigenvalue weighted by atomic mass is 79.9. The molecule has 19 heavy (non-hydrogen) atoms. The highest BCUT2D eigenvalue weighted by molar-refractivity contribution is 9.10. The number of carbonyl (C=O) groups is 1. The smallest absolute Gasteiger partial charge is 0.338 e. The molecule has 2 aromatic rings. The Bertz CT molecular complexity index is 647. The molecule has 4 nitrogen and oxygen atoms in total. The first-order valence-corrected chi connectivity index (χ1v) is 7.10. The Kier molecular flexibility index (Phi) is 4.21. The number of pyridine rings is 2. The summed E-state index contributed by atoms with van der Waals surface area (Å²) < 4.78 is 0.817. The molecule has 0 aliphatic carbocycles. The van der Waals surface area contributed by atoms with Crippen LogP contribution in [-0.4, -0.2) is 21.0 Å². The van der Waals surface area contributed by atoms with Crippen LogP contribution in [0.4, 0.5) is 0 Å². The van der Waals surface area contributed by atoms with E-state index in [1.54, 1.807) is 25.3 Å². The fourth-order valence-corrected chi connectivity index (χ4v) is 3.17. The standard InChI is InChI=1S/C13H11BrN2O2S/c1-7-6-8(2)16-12(10(7)13(17)18)19-11-9(14)4-3-5-15-11/h3-6H,1-2H3,(H,17,18). The van der Waals surface area contributed by atoms with Crippen molar-refractivity contribution in [1.82, 2.24) is 9.97 Å². The lowest BCUT2D eigenvalue weighted by atomic mass is 10.1. The Hall–Kier alpha value is -1.40. The van der Waals surface area contributed by atoms with Crippen molar-refractivity contribution in [2.45, 2.75) is 23.9 Å². The first-order chi connectivity index (χ1) is 8.99. The molecule has 2 aromatic heterocycles. The Balaban J connectivity index is 2.51. The van der Waals surface area contributed by atoms with Crippen LogP contribution in [0, 0.1) is 13.8 Å². The largest absolute Gasteiger partial charge is 0.478 e. The van der Waals surface area contributed by atoms with Crippen LogP contribution in [0.1, 0.15) is 21.6 Å². The third kappa shape index (κ3) is 3.13. The predicted octanol–water partition coefficient (Wildman–Crippen LogP) is 3.71. The number of carboxylic acid groups (broad SMARTS) is 1. The van der Waals surface area contributed by atoms with Crippen molar-refractivity contribution in [3.05, 3.63) is 45.7 Å². The van der Waals surface area contributed by atoms with E-state index < -0.39 is 5.97 Å². The van der Waals surface area contributed by atoms with Crippen molar-refractivity contribution in [2.24, 2.45) is 0 Å². The molecule has 0 amide bonds. The summed E-state index contributed by atoms with van der Waals surface area (Å²) >= 11 is 4.64. The van der Waals surface area contributed by atoms with Gasteiger partial charge >= 0.3 is 5.97 Å². The molecule has 2 heterocycles. The molecule has 1 N–H and O–H groups in total. The van der Waals surface area contributed by atoms with Crippen LogP contribution in [0.3, 0.4) is 0 Å². The van der Waals surface area contributed by atoms with Crippen molar-refractivity contribution >= 4 is 33.7 Å². The van der Waals surface area contributed by atoms with Gasteiger partial charge in [0, 0.05) is 11.9 Å². The van der Waals surface area contributed by atoms with Gasteiger partial charge in [0.15, 0.2) is 0 Å². The number of halogens is 1. The summed E-state index contributed by atoms with van der Waals surface area (Å²) in [7, 11) is 0. The fourth-order valence-electron chi connectivity index (χ4n) is 1.67.